The summed E-state index contributed by atoms with van der Waals surface area (Å²) >= 11 is 6.12. The van der Waals surface area contributed by atoms with Crippen molar-refractivity contribution in [1.82, 2.24) is 9.55 Å². The number of unbranched alkanes of at least 4 members (excludes halogenated alkanes) is 1. The minimum atomic E-state index is 0.0169. The minimum Gasteiger partial charge on any atom is -0.494 e. The molecule has 1 amide bonds. The summed E-state index contributed by atoms with van der Waals surface area (Å²) in [7, 11) is 1.63. The predicted molar refractivity (Wildman–Crippen MR) is 117 cm³/mol. The third kappa shape index (κ3) is 4.03. The fourth-order valence-corrected chi connectivity index (χ4v) is 3.91. The number of nitrogens with zero attached hydrogens (tertiary/aromatic N) is 3. The quantitative estimate of drug-likeness (QED) is 0.628. The molecule has 0 aliphatic carbocycles. The lowest BCUT2D eigenvalue weighted by molar-refractivity contribution is -0.116. The van der Waals surface area contributed by atoms with Crippen LogP contribution in [-0.2, 0) is 17.9 Å². The molecule has 0 radical (unpaired) electrons. The van der Waals surface area contributed by atoms with E-state index in [1.54, 1.807) is 7.11 Å². The average molecular weight is 413 g/mol. The van der Waals surface area contributed by atoms with Crippen molar-refractivity contribution in [2.24, 2.45) is 0 Å². The van der Waals surface area contributed by atoms with E-state index in [0.29, 0.717) is 29.4 Å². The highest BCUT2D eigenvalue weighted by Gasteiger charge is 2.21. The fraction of sp³-hybridized carbons (Fsp3) is 0.364. The third-order valence-electron chi connectivity index (χ3n) is 5.30. The molecule has 1 aromatic heterocycles. The molecule has 7 heteroatoms. The van der Waals surface area contributed by atoms with Crippen LogP contribution in [0.15, 0.2) is 36.4 Å². The van der Waals surface area contributed by atoms with Crippen molar-refractivity contribution >= 4 is 39.9 Å². The molecule has 0 spiro atoms. The van der Waals surface area contributed by atoms with Gasteiger partial charge in [-0.2, -0.15) is 0 Å². The summed E-state index contributed by atoms with van der Waals surface area (Å²) < 4.78 is 7.79. The molecule has 2 aromatic carbocycles. The Morgan fingerprint density at radius 2 is 2.10 bits per heavy atom. The van der Waals surface area contributed by atoms with Gasteiger partial charge >= 0.3 is 0 Å². The van der Waals surface area contributed by atoms with Gasteiger partial charge in [0.2, 0.25) is 5.91 Å². The Labute approximate surface area is 175 Å². The molecular weight excluding hydrogens is 388 g/mol. The molecule has 1 aliphatic rings. The van der Waals surface area contributed by atoms with Gasteiger partial charge in [0.15, 0.2) is 0 Å². The maximum atomic E-state index is 12.1. The molecule has 152 valence electrons. The van der Waals surface area contributed by atoms with E-state index in [-0.39, 0.29) is 5.91 Å². The Balaban J connectivity index is 1.54. The summed E-state index contributed by atoms with van der Waals surface area (Å²) in [5.74, 6) is 1.70. The van der Waals surface area contributed by atoms with Crippen LogP contribution in [0.1, 0.15) is 32.0 Å². The number of hydrogen-bond donors (Lipinski definition) is 1. The first-order chi connectivity index (χ1) is 14.1. The molecule has 3 aromatic rings. The van der Waals surface area contributed by atoms with Crippen molar-refractivity contribution in [2.75, 3.05) is 23.9 Å². The summed E-state index contributed by atoms with van der Waals surface area (Å²) in [5.41, 5.74) is 3.80. The summed E-state index contributed by atoms with van der Waals surface area (Å²) in [6, 6.07) is 11.8. The standard InChI is InChI=1S/C22H25ClN4O2/c1-3-4-5-22(28)25-17-8-7-16(13-20(17)29-2)26-10-11-27-19-9-6-15(23)12-18(19)24-21(27)14-26/h6-9,12-13H,3-5,10-11,14H2,1-2H3,(H,25,28). The first-order valence-electron chi connectivity index (χ1n) is 9.96. The zero-order valence-electron chi connectivity index (χ0n) is 16.7. The van der Waals surface area contributed by atoms with Gasteiger partial charge in [-0.05, 0) is 36.8 Å². The van der Waals surface area contributed by atoms with E-state index in [2.05, 4.69) is 21.7 Å². The number of fused-ring (bicyclic) bond motifs is 3. The number of hydrogen-bond acceptors (Lipinski definition) is 4. The molecule has 4 rings (SSSR count). The number of carbonyl (C=O) groups is 1. The fourth-order valence-electron chi connectivity index (χ4n) is 3.74. The average Bonchev–Trinajstić information content (AvgIpc) is 3.09. The monoisotopic (exact) mass is 412 g/mol. The van der Waals surface area contributed by atoms with Crippen molar-refractivity contribution in [3.8, 4) is 5.75 Å². The number of anilines is 2. The molecular formula is C22H25ClN4O2. The Hall–Kier alpha value is -2.73. The van der Waals surface area contributed by atoms with Crippen LogP contribution in [0.3, 0.4) is 0 Å². The van der Waals surface area contributed by atoms with Crippen molar-refractivity contribution < 1.29 is 9.53 Å². The van der Waals surface area contributed by atoms with Crippen LogP contribution in [0.2, 0.25) is 5.02 Å². The topological polar surface area (TPSA) is 59.4 Å². The van der Waals surface area contributed by atoms with Gasteiger partial charge in [-0.25, -0.2) is 4.98 Å². The molecule has 0 saturated carbocycles. The third-order valence-corrected chi connectivity index (χ3v) is 5.53. The van der Waals surface area contributed by atoms with Gasteiger partial charge < -0.3 is 19.5 Å². The molecule has 1 aliphatic heterocycles. The molecule has 1 N–H and O–H groups in total. The van der Waals surface area contributed by atoms with Crippen molar-refractivity contribution in [3.63, 3.8) is 0 Å². The summed E-state index contributed by atoms with van der Waals surface area (Å²) in [6.45, 7) is 4.50. The van der Waals surface area contributed by atoms with Crippen molar-refractivity contribution in [3.05, 3.63) is 47.2 Å². The molecule has 0 saturated heterocycles. The minimum absolute atomic E-state index is 0.0169. The van der Waals surface area contributed by atoms with Crippen LogP contribution in [0.4, 0.5) is 11.4 Å². The lowest BCUT2D eigenvalue weighted by atomic mass is 10.2. The van der Waals surface area contributed by atoms with Gasteiger partial charge in [0.25, 0.3) is 0 Å². The molecule has 0 unspecified atom stereocenters. The maximum Gasteiger partial charge on any atom is 0.224 e. The van der Waals surface area contributed by atoms with Gasteiger partial charge in [0, 0.05) is 36.3 Å². The number of methoxy groups -OCH3 is 1. The van der Waals surface area contributed by atoms with Crippen LogP contribution in [0, 0.1) is 0 Å². The smallest absolute Gasteiger partial charge is 0.224 e. The Kier molecular flexibility index (Phi) is 5.62. The van der Waals surface area contributed by atoms with Gasteiger partial charge in [-0.15, -0.1) is 0 Å². The number of amides is 1. The van der Waals surface area contributed by atoms with Crippen LogP contribution in [0.25, 0.3) is 11.0 Å². The van der Waals surface area contributed by atoms with E-state index in [1.807, 2.05) is 36.4 Å². The number of nitrogens with one attached hydrogen (secondary N) is 1. The number of ether oxygens (including phenoxy) is 1. The second-order valence-corrected chi connectivity index (χ2v) is 7.71. The Morgan fingerprint density at radius 1 is 1.24 bits per heavy atom. The zero-order chi connectivity index (χ0) is 20.4. The van der Waals surface area contributed by atoms with Gasteiger partial charge in [0.1, 0.15) is 11.6 Å². The number of halogens is 1. The zero-order valence-corrected chi connectivity index (χ0v) is 17.5. The molecule has 29 heavy (non-hydrogen) atoms. The van der Waals surface area contributed by atoms with Crippen molar-refractivity contribution in [2.45, 2.75) is 39.3 Å². The van der Waals surface area contributed by atoms with Crippen molar-refractivity contribution in [1.29, 1.82) is 0 Å². The number of rotatable bonds is 6. The number of carbonyl (C=O) groups excluding carboxylic acids is 1. The molecule has 6 nitrogen and oxygen atoms in total. The van der Waals surface area contributed by atoms with Gasteiger partial charge in [-0.3, -0.25) is 4.79 Å². The van der Waals surface area contributed by atoms with E-state index >= 15 is 0 Å². The molecule has 0 bridgehead atoms. The number of aromatic nitrogens is 2. The van der Waals surface area contributed by atoms with Gasteiger partial charge in [-0.1, -0.05) is 24.9 Å². The maximum absolute atomic E-state index is 12.1. The highest BCUT2D eigenvalue weighted by Crippen LogP contribution is 2.32. The van der Waals surface area contributed by atoms with Crippen LogP contribution in [0.5, 0.6) is 5.75 Å². The highest BCUT2D eigenvalue weighted by molar-refractivity contribution is 6.31. The largest absolute Gasteiger partial charge is 0.494 e. The van der Waals surface area contributed by atoms with E-state index in [4.69, 9.17) is 21.3 Å². The Bertz CT molecular complexity index is 1050. The molecule has 0 atom stereocenters. The van der Waals surface area contributed by atoms with E-state index in [1.165, 1.54) is 0 Å². The molecule has 2 heterocycles. The molecule has 0 fully saturated rings. The summed E-state index contributed by atoms with van der Waals surface area (Å²) in [4.78, 5) is 19.1. The number of benzene rings is 2. The van der Waals surface area contributed by atoms with Crippen LogP contribution >= 0.6 is 11.6 Å². The summed E-state index contributed by atoms with van der Waals surface area (Å²) in [6.07, 6.45) is 2.40. The van der Waals surface area contributed by atoms with Crippen LogP contribution < -0.4 is 15.0 Å². The van der Waals surface area contributed by atoms with E-state index in [0.717, 1.165) is 48.5 Å². The summed E-state index contributed by atoms with van der Waals surface area (Å²) in [5, 5.41) is 3.65. The first kappa shape index (κ1) is 19.6. The predicted octanol–water partition coefficient (Wildman–Crippen LogP) is 4.85. The Morgan fingerprint density at radius 3 is 2.90 bits per heavy atom. The number of imidazole rings is 1. The first-order valence-corrected chi connectivity index (χ1v) is 10.3. The van der Waals surface area contributed by atoms with Gasteiger partial charge in [0.05, 0.1) is 30.4 Å². The SMILES string of the molecule is CCCCC(=O)Nc1ccc(N2CCn3c(nc4cc(Cl)ccc43)C2)cc1OC. The van der Waals surface area contributed by atoms with E-state index in [9.17, 15) is 4.79 Å². The normalized spacial score (nSPS) is 13.4. The second-order valence-electron chi connectivity index (χ2n) is 7.27. The lowest BCUT2D eigenvalue weighted by Crippen LogP contribution is -2.33. The lowest BCUT2D eigenvalue weighted by Gasteiger charge is -2.30. The second kappa shape index (κ2) is 8.33. The van der Waals surface area contributed by atoms with Crippen LogP contribution in [-0.4, -0.2) is 29.1 Å². The van der Waals surface area contributed by atoms with E-state index < -0.39 is 0 Å². The highest BCUT2D eigenvalue weighted by atomic mass is 35.5.